The SMILES string of the molecule is COCCN(C(=O)c1ccc(O)cc1C)C(C)COC. The van der Waals surface area contributed by atoms with E-state index in [9.17, 15) is 9.90 Å². The molecule has 0 saturated heterocycles. The van der Waals surface area contributed by atoms with E-state index in [0.717, 1.165) is 5.56 Å². The van der Waals surface area contributed by atoms with Crippen LogP contribution in [-0.2, 0) is 9.47 Å². The Labute approximate surface area is 120 Å². The van der Waals surface area contributed by atoms with Crippen LogP contribution in [0.1, 0.15) is 22.8 Å². The Morgan fingerprint density at radius 2 is 2.05 bits per heavy atom. The quantitative estimate of drug-likeness (QED) is 0.828. The van der Waals surface area contributed by atoms with Gasteiger partial charge in [0.05, 0.1) is 19.3 Å². The first kappa shape index (κ1) is 16.5. The van der Waals surface area contributed by atoms with Crippen LogP contribution < -0.4 is 0 Å². The molecule has 1 amide bonds. The van der Waals surface area contributed by atoms with Crippen molar-refractivity contribution in [3.8, 4) is 5.75 Å². The molecule has 0 radical (unpaired) electrons. The molecule has 1 aromatic rings. The van der Waals surface area contributed by atoms with Gasteiger partial charge in [-0.25, -0.2) is 0 Å². The van der Waals surface area contributed by atoms with E-state index in [1.807, 2.05) is 13.8 Å². The second-order valence-electron chi connectivity index (χ2n) is 4.79. The first-order valence-corrected chi connectivity index (χ1v) is 6.59. The van der Waals surface area contributed by atoms with Crippen LogP contribution >= 0.6 is 0 Å². The van der Waals surface area contributed by atoms with Crippen molar-refractivity contribution in [1.82, 2.24) is 4.90 Å². The predicted molar refractivity (Wildman–Crippen MR) is 77.1 cm³/mol. The highest BCUT2D eigenvalue weighted by Gasteiger charge is 2.22. The van der Waals surface area contributed by atoms with Crippen LogP contribution in [0.5, 0.6) is 5.75 Å². The maximum absolute atomic E-state index is 12.6. The minimum Gasteiger partial charge on any atom is -0.508 e. The molecule has 20 heavy (non-hydrogen) atoms. The van der Waals surface area contributed by atoms with Crippen molar-refractivity contribution < 1.29 is 19.4 Å². The predicted octanol–water partition coefficient (Wildman–Crippen LogP) is 1.82. The Kier molecular flexibility index (Phi) is 6.48. The molecule has 1 aromatic carbocycles. The lowest BCUT2D eigenvalue weighted by Crippen LogP contribution is -2.43. The fraction of sp³-hybridized carbons (Fsp3) is 0.533. The third-order valence-corrected chi connectivity index (χ3v) is 3.18. The summed E-state index contributed by atoms with van der Waals surface area (Å²) in [6.45, 7) is 5.18. The third-order valence-electron chi connectivity index (χ3n) is 3.18. The number of aryl methyl sites for hydroxylation is 1. The highest BCUT2D eigenvalue weighted by atomic mass is 16.5. The molecule has 0 aliphatic carbocycles. The number of carbonyl (C=O) groups excluding carboxylic acids is 1. The van der Waals surface area contributed by atoms with E-state index in [-0.39, 0.29) is 17.7 Å². The number of hydrogen-bond acceptors (Lipinski definition) is 4. The van der Waals surface area contributed by atoms with Crippen molar-refractivity contribution in [3.05, 3.63) is 29.3 Å². The molecule has 0 fully saturated rings. The van der Waals surface area contributed by atoms with Crippen LogP contribution in [0.25, 0.3) is 0 Å². The Morgan fingerprint density at radius 3 is 2.60 bits per heavy atom. The van der Waals surface area contributed by atoms with Crippen molar-refractivity contribution in [2.75, 3.05) is 34.0 Å². The number of carbonyl (C=O) groups is 1. The van der Waals surface area contributed by atoms with Crippen LogP contribution in [-0.4, -0.2) is 55.9 Å². The first-order chi connectivity index (χ1) is 9.51. The fourth-order valence-corrected chi connectivity index (χ4v) is 2.09. The standard InChI is InChI=1S/C15H23NO4/c1-11-9-13(17)5-6-14(11)15(18)16(7-8-19-3)12(2)10-20-4/h5-6,9,12,17H,7-8,10H2,1-4H3. The average Bonchev–Trinajstić information content (AvgIpc) is 2.39. The van der Waals surface area contributed by atoms with Crippen LogP contribution in [0.3, 0.4) is 0 Å². The van der Waals surface area contributed by atoms with Gasteiger partial charge in [-0.15, -0.1) is 0 Å². The largest absolute Gasteiger partial charge is 0.508 e. The summed E-state index contributed by atoms with van der Waals surface area (Å²) in [7, 11) is 3.22. The van der Waals surface area contributed by atoms with E-state index in [1.165, 1.54) is 6.07 Å². The summed E-state index contributed by atoms with van der Waals surface area (Å²) in [4.78, 5) is 14.4. The molecule has 0 saturated carbocycles. The Morgan fingerprint density at radius 1 is 1.35 bits per heavy atom. The normalized spacial score (nSPS) is 12.2. The lowest BCUT2D eigenvalue weighted by atomic mass is 10.1. The van der Waals surface area contributed by atoms with Gasteiger partial charge in [-0.05, 0) is 37.6 Å². The fourth-order valence-electron chi connectivity index (χ4n) is 2.09. The van der Waals surface area contributed by atoms with Crippen molar-refractivity contribution in [2.45, 2.75) is 19.9 Å². The molecule has 1 unspecified atom stereocenters. The maximum Gasteiger partial charge on any atom is 0.254 e. The molecular weight excluding hydrogens is 258 g/mol. The van der Waals surface area contributed by atoms with Gasteiger partial charge in [-0.3, -0.25) is 4.79 Å². The molecule has 1 rings (SSSR count). The first-order valence-electron chi connectivity index (χ1n) is 6.59. The summed E-state index contributed by atoms with van der Waals surface area (Å²) in [5, 5.41) is 9.43. The number of phenolic OH excluding ortho intramolecular Hbond substituents is 1. The van der Waals surface area contributed by atoms with E-state index in [0.29, 0.717) is 25.3 Å². The number of aromatic hydroxyl groups is 1. The maximum atomic E-state index is 12.6. The molecule has 0 bridgehead atoms. The zero-order chi connectivity index (χ0) is 15.1. The molecule has 1 atom stereocenters. The lowest BCUT2D eigenvalue weighted by molar-refractivity contribution is 0.0479. The Hall–Kier alpha value is -1.59. The Bertz CT molecular complexity index is 447. The van der Waals surface area contributed by atoms with Gasteiger partial charge < -0.3 is 19.5 Å². The summed E-state index contributed by atoms with van der Waals surface area (Å²) < 4.78 is 10.2. The van der Waals surface area contributed by atoms with E-state index in [2.05, 4.69) is 0 Å². The van der Waals surface area contributed by atoms with E-state index >= 15 is 0 Å². The highest BCUT2D eigenvalue weighted by Crippen LogP contribution is 2.18. The van der Waals surface area contributed by atoms with Gasteiger partial charge in [-0.2, -0.15) is 0 Å². The minimum absolute atomic E-state index is 0.0455. The zero-order valence-corrected chi connectivity index (χ0v) is 12.5. The van der Waals surface area contributed by atoms with Crippen LogP contribution in [0, 0.1) is 6.92 Å². The molecule has 5 nitrogen and oxygen atoms in total. The summed E-state index contributed by atoms with van der Waals surface area (Å²) in [5.74, 6) is 0.0801. The summed E-state index contributed by atoms with van der Waals surface area (Å²) in [6, 6.07) is 4.71. The molecule has 112 valence electrons. The van der Waals surface area contributed by atoms with E-state index in [1.54, 1.807) is 31.3 Å². The van der Waals surface area contributed by atoms with Gasteiger partial charge in [0.1, 0.15) is 5.75 Å². The number of rotatable bonds is 7. The molecule has 0 aromatic heterocycles. The Balaban J connectivity index is 2.96. The summed E-state index contributed by atoms with van der Waals surface area (Å²) in [6.07, 6.45) is 0. The summed E-state index contributed by atoms with van der Waals surface area (Å²) in [5.41, 5.74) is 1.34. The second-order valence-corrected chi connectivity index (χ2v) is 4.79. The smallest absolute Gasteiger partial charge is 0.254 e. The van der Waals surface area contributed by atoms with Gasteiger partial charge in [-0.1, -0.05) is 0 Å². The summed E-state index contributed by atoms with van der Waals surface area (Å²) >= 11 is 0. The number of nitrogens with zero attached hydrogens (tertiary/aromatic N) is 1. The van der Waals surface area contributed by atoms with Gasteiger partial charge in [0.15, 0.2) is 0 Å². The molecule has 1 N–H and O–H groups in total. The zero-order valence-electron chi connectivity index (χ0n) is 12.5. The van der Waals surface area contributed by atoms with Crippen molar-refractivity contribution in [1.29, 1.82) is 0 Å². The number of methoxy groups -OCH3 is 2. The number of ether oxygens (including phenoxy) is 2. The van der Waals surface area contributed by atoms with E-state index in [4.69, 9.17) is 9.47 Å². The third kappa shape index (κ3) is 4.21. The number of benzene rings is 1. The number of amides is 1. The van der Waals surface area contributed by atoms with Crippen LogP contribution in [0.4, 0.5) is 0 Å². The highest BCUT2D eigenvalue weighted by molar-refractivity contribution is 5.96. The van der Waals surface area contributed by atoms with Gasteiger partial charge in [0.25, 0.3) is 5.91 Å². The van der Waals surface area contributed by atoms with Crippen LogP contribution in [0.15, 0.2) is 18.2 Å². The number of hydrogen-bond donors (Lipinski definition) is 1. The van der Waals surface area contributed by atoms with Crippen molar-refractivity contribution >= 4 is 5.91 Å². The van der Waals surface area contributed by atoms with Gasteiger partial charge in [0.2, 0.25) is 0 Å². The van der Waals surface area contributed by atoms with E-state index < -0.39 is 0 Å². The monoisotopic (exact) mass is 281 g/mol. The second kappa shape index (κ2) is 7.87. The number of phenols is 1. The minimum atomic E-state index is -0.0795. The molecule has 0 aliphatic heterocycles. The molecule has 0 aliphatic rings. The lowest BCUT2D eigenvalue weighted by Gasteiger charge is -2.29. The van der Waals surface area contributed by atoms with Crippen molar-refractivity contribution in [2.24, 2.45) is 0 Å². The molecule has 0 heterocycles. The van der Waals surface area contributed by atoms with Crippen molar-refractivity contribution in [3.63, 3.8) is 0 Å². The molecular formula is C15H23NO4. The average molecular weight is 281 g/mol. The van der Waals surface area contributed by atoms with Crippen LogP contribution in [0.2, 0.25) is 0 Å². The topological polar surface area (TPSA) is 59.0 Å². The molecule has 0 spiro atoms. The van der Waals surface area contributed by atoms with Gasteiger partial charge >= 0.3 is 0 Å². The van der Waals surface area contributed by atoms with Gasteiger partial charge in [0, 0.05) is 26.3 Å². The molecule has 5 heteroatoms.